The van der Waals surface area contributed by atoms with Crippen LogP contribution in [0.4, 0.5) is 0 Å². The van der Waals surface area contributed by atoms with Crippen molar-refractivity contribution in [3.05, 3.63) is 24.0 Å². The van der Waals surface area contributed by atoms with Gasteiger partial charge in [0.1, 0.15) is 5.75 Å². The Labute approximate surface area is 109 Å². The molecule has 1 aromatic heterocycles. The quantitative estimate of drug-likeness (QED) is 0.754. The van der Waals surface area contributed by atoms with Gasteiger partial charge in [0, 0.05) is 6.54 Å². The molecule has 0 saturated carbocycles. The highest BCUT2D eigenvalue weighted by Gasteiger charge is 2.08. The van der Waals surface area contributed by atoms with E-state index < -0.39 is 0 Å². The first-order valence-corrected chi connectivity index (χ1v) is 6.91. The third kappa shape index (κ3) is 4.63. The maximum atomic E-state index is 9.12. The molecule has 2 rings (SSSR count). The lowest BCUT2D eigenvalue weighted by atomic mass is 10.1. The van der Waals surface area contributed by atoms with Gasteiger partial charge in [0.25, 0.3) is 0 Å². The van der Waals surface area contributed by atoms with Crippen molar-refractivity contribution < 1.29 is 5.11 Å². The normalized spacial score (nSPS) is 16.9. The SMILES string of the molecule is Oc1ccc(CNCCCN2CCCCC2)nc1. The fourth-order valence-corrected chi connectivity index (χ4v) is 2.35. The highest BCUT2D eigenvalue weighted by molar-refractivity contribution is 5.17. The second-order valence-corrected chi connectivity index (χ2v) is 4.94. The van der Waals surface area contributed by atoms with Crippen molar-refractivity contribution in [3.63, 3.8) is 0 Å². The monoisotopic (exact) mass is 249 g/mol. The lowest BCUT2D eigenvalue weighted by Gasteiger charge is -2.26. The van der Waals surface area contributed by atoms with Crippen molar-refractivity contribution >= 4 is 0 Å². The van der Waals surface area contributed by atoms with Gasteiger partial charge in [-0.25, -0.2) is 0 Å². The van der Waals surface area contributed by atoms with E-state index >= 15 is 0 Å². The van der Waals surface area contributed by atoms with Crippen LogP contribution in [0.5, 0.6) is 5.75 Å². The number of hydrogen-bond donors (Lipinski definition) is 2. The van der Waals surface area contributed by atoms with Gasteiger partial charge in [0.05, 0.1) is 11.9 Å². The van der Waals surface area contributed by atoms with Crippen LogP contribution in [0.15, 0.2) is 18.3 Å². The Morgan fingerprint density at radius 2 is 2.06 bits per heavy atom. The number of nitrogens with zero attached hydrogens (tertiary/aromatic N) is 2. The van der Waals surface area contributed by atoms with Crippen LogP contribution in [0.3, 0.4) is 0 Å². The highest BCUT2D eigenvalue weighted by atomic mass is 16.3. The van der Waals surface area contributed by atoms with Crippen LogP contribution in [-0.2, 0) is 6.54 Å². The number of piperidine rings is 1. The molecule has 0 atom stereocenters. The van der Waals surface area contributed by atoms with Crippen molar-refractivity contribution in [2.45, 2.75) is 32.2 Å². The first kappa shape index (κ1) is 13.3. The number of likely N-dealkylation sites (tertiary alicyclic amines) is 1. The van der Waals surface area contributed by atoms with E-state index in [1.54, 1.807) is 6.07 Å². The van der Waals surface area contributed by atoms with E-state index in [2.05, 4.69) is 15.2 Å². The summed E-state index contributed by atoms with van der Waals surface area (Å²) < 4.78 is 0. The van der Waals surface area contributed by atoms with Crippen LogP contribution in [0.2, 0.25) is 0 Å². The van der Waals surface area contributed by atoms with Crippen molar-refractivity contribution in [1.82, 2.24) is 15.2 Å². The van der Waals surface area contributed by atoms with Crippen LogP contribution >= 0.6 is 0 Å². The second kappa shape index (κ2) is 7.34. The van der Waals surface area contributed by atoms with Gasteiger partial charge in [-0.1, -0.05) is 6.42 Å². The number of aromatic nitrogens is 1. The standard InChI is InChI=1S/C14H23N3O/c18-14-6-5-13(16-12-14)11-15-7-4-10-17-8-2-1-3-9-17/h5-6,12,15,18H,1-4,7-11H2. The van der Waals surface area contributed by atoms with Gasteiger partial charge in [-0.05, 0) is 57.6 Å². The maximum Gasteiger partial charge on any atom is 0.133 e. The van der Waals surface area contributed by atoms with E-state index in [0.717, 1.165) is 18.8 Å². The van der Waals surface area contributed by atoms with E-state index in [1.807, 2.05) is 6.07 Å². The molecule has 1 fully saturated rings. The van der Waals surface area contributed by atoms with Crippen LogP contribution in [0.1, 0.15) is 31.4 Å². The Hall–Kier alpha value is -1.13. The predicted octanol–water partition coefficient (Wildman–Crippen LogP) is 1.75. The first-order chi connectivity index (χ1) is 8.84. The van der Waals surface area contributed by atoms with Crippen molar-refractivity contribution in [3.8, 4) is 5.75 Å². The van der Waals surface area contributed by atoms with Crippen molar-refractivity contribution in [1.29, 1.82) is 0 Å². The summed E-state index contributed by atoms with van der Waals surface area (Å²) in [5, 5.41) is 12.5. The minimum atomic E-state index is 0.226. The molecule has 2 N–H and O–H groups in total. The molecule has 1 aliphatic rings. The topological polar surface area (TPSA) is 48.4 Å². The van der Waals surface area contributed by atoms with Crippen molar-refractivity contribution in [2.75, 3.05) is 26.2 Å². The van der Waals surface area contributed by atoms with Gasteiger partial charge in [0.15, 0.2) is 0 Å². The lowest BCUT2D eigenvalue weighted by Crippen LogP contribution is -2.32. The summed E-state index contributed by atoms with van der Waals surface area (Å²) in [7, 11) is 0. The Balaban J connectivity index is 1.54. The van der Waals surface area contributed by atoms with Gasteiger partial charge >= 0.3 is 0 Å². The summed E-state index contributed by atoms with van der Waals surface area (Å²) >= 11 is 0. The van der Waals surface area contributed by atoms with Crippen LogP contribution in [-0.4, -0.2) is 41.2 Å². The molecule has 0 aliphatic carbocycles. The summed E-state index contributed by atoms with van der Waals surface area (Å²) in [5.41, 5.74) is 0.978. The van der Waals surface area contributed by atoms with Gasteiger partial charge in [-0.15, -0.1) is 0 Å². The van der Waals surface area contributed by atoms with E-state index in [1.165, 1.54) is 51.5 Å². The predicted molar refractivity (Wildman–Crippen MR) is 72.5 cm³/mol. The third-order valence-corrected chi connectivity index (χ3v) is 3.39. The number of pyridine rings is 1. The zero-order chi connectivity index (χ0) is 12.6. The summed E-state index contributed by atoms with van der Waals surface area (Å²) in [6, 6.07) is 3.53. The zero-order valence-electron chi connectivity index (χ0n) is 10.9. The Morgan fingerprint density at radius 1 is 1.22 bits per heavy atom. The summed E-state index contributed by atoms with van der Waals surface area (Å²) in [6.07, 6.45) is 6.82. The Bertz CT molecular complexity index is 333. The van der Waals surface area contributed by atoms with Gasteiger partial charge < -0.3 is 15.3 Å². The molecule has 100 valence electrons. The van der Waals surface area contributed by atoms with E-state index in [4.69, 9.17) is 5.11 Å². The van der Waals surface area contributed by atoms with Gasteiger partial charge in [-0.2, -0.15) is 0 Å². The van der Waals surface area contributed by atoms with E-state index in [9.17, 15) is 0 Å². The highest BCUT2D eigenvalue weighted by Crippen LogP contribution is 2.08. The molecule has 4 heteroatoms. The lowest BCUT2D eigenvalue weighted by molar-refractivity contribution is 0.225. The first-order valence-electron chi connectivity index (χ1n) is 6.91. The number of rotatable bonds is 6. The number of hydrogen-bond acceptors (Lipinski definition) is 4. The Kier molecular flexibility index (Phi) is 5.42. The van der Waals surface area contributed by atoms with Gasteiger partial charge in [-0.3, -0.25) is 4.98 Å². The average Bonchev–Trinajstić information content (AvgIpc) is 2.42. The molecule has 1 aromatic rings. The third-order valence-electron chi connectivity index (χ3n) is 3.39. The number of nitrogens with one attached hydrogen (secondary N) is 1. The smallest absolute Gasteiger partial charge is 0.133 e. The molecule has 0 radical (unpaired) electrons. The molecule has 18 heavy (non-hydrogen) atoms. The molecule has 0 spiro atoms. The largest absolute Gasteiger partial charge is 0.506 e. The van der Waals surface area contributed by atoms with Crippen LogP contribution in [0.25, 0.3) is 0 Å². The fourth-order valence-electron chi connectivity index (χ4n) is 2.35. The minimum Gasteiger partial charge on any atom is -0.506 e. The second-order valence-electron chi connectivity index (χ2n) is 4.94. The maximum absolute atomic E-state index is 9.12. The van der Waals surface area contributed by atoms with E-state index in [-0.39, 0.29) is 5.75 Å². The molecule has 4 nitrogen and oxygen atoms in total. The molecular formula is C14H23N3O. The van der Waals surface area contributed by atoms with Crippen molar-refractivity contribution in [2.24, 2.45) is 0 Å². The molecule has 0 aromatic carbocycles. The van der Waals surface area contributed by atoms with Crippen LogP contribution in [0, 0.1) is 0 Å². The summed E-state index contributed by atoms with van der Waals surface area (Å²) in [6.45, 7) is 5.56. The van der Waals surface area contributed by atoms with Gasteiger partial charge in [0.2, 0.25) is 0 Å². The zero-order valence-corrected chi connectivity index (χ0v) is 10.9. The molecule has 2 heterocycles. The molecule has 0 unspecified atom stereocenters. The fraction of sp³-hybridized carbons (Fsp3) is 0.643. The average molecular weight is 249 g/mol. The molecule has 1 aliphatic heterocycles. The minimum absolute atomic E-state index is 0.226. The molecule has 0 amide bonds. The number of aromatic hydroxyl groups is 1. The molecule has 0 bridgehead atoms. The Morgan fingerprint density at radius 3 is 2.78 bits per heavy atom. The summed E-state index contributed by atoms with van der Waals surface area (Å²) in [4.78, 5) is 6.70. The molecule has 1 saturated heterocycles. The van der Waals surface area contributed by atoms with Crippen LogP contribution < -0.4 is 5.32 Å². The molecular weight excluding hydrogens is 226 g/mol. The van der Waals surface area contributed by atoms with E-state index in [0.29, 0.717) is 0 Å². The summed E-state index contributed by atoms with van der Waals surface area (Å²) in [5.74, 6) is 0.226.